The molecular weight excluding hydrogens is 264 g/mol. The average molecular weight is 286 g/mol. The number of rotatable bonds is 8. The molecule has 0 atom stereocenters. The van der Waals surface area contributed by atoms with E-state index >= 15 is 0 Å². The average Bonchev–Trinajstić information content (AvgIpc) is 2.28. The highest BCUT2D eigenvalue weighted by Crippen LogP contribution is 2.18. The highest BCUT2D eigenvalue weighted by Gasteiger charge is 2.05. The molecule has 1 aromatic carbocycles. The van der Waals surface area contributed by atoms with E-state index in [1.54, 1.807) is 0 Å². The monoisotopic (exact) mass is 286 g/mol. The number of nitrogens with one attached hydrogen (secondary N) is 1. The van der Waals surface area contributed by atoms with Gasteiger partial charge in [0.25, 0.3) is 0 Å². The van der Waals surface area contributed by atoms with Gasteiger partial charge in [-0.3, -0.25) is 0 Å². The lowest BCUT2D eigenvalue weighted by molar-refractivity contribution is 0.239. The number of nitrogens with two attached hydrogens (primary N) is 1. The Bertz CT molecular complexity index is 486. The molecule has 0 aliphatic heterocycles. The second-order valence-corrected chi connectivity index (χ2v) is 6.41. The molecule has 1 aromatic rings. The van der Waals surface area contributed by atoms with Crippen molar-refractivity contribution < 1.29 is 13.2 Å². The van der Waals surface area contributed by atoms with Gasteiger partial charge in [0.1, 0.15) is 5.75 Å². The van der Waals surface area contributed by atoms with Gasteiger partial charge in [0, 0.05) is 12.1 Å². The van der Waals surface area contributed by atoms with Crippen LogP contribution < -0.4 is 15.2 Å². The molecule has 0 unspecified atom stereocenters. The molecule has 3 N–H and O–H groups in total. The number of benzene rings is 1. The lowest BCUT2D eigenvalue weighted by Gasteiger charge is -2.14. The second kappa shape index (κ2) is 7.47. The molecule has 19 heavy (non-hydrogen) atoms. The van der Waals surface area contributed by atoms with Gasteiger partial charge in [-0.25, -0.2) is 13.6 Å². The lowest BCUT2D eigenvalue weighted by Crippen LogP contribution is -2.22. The molecule has 0 fully saturated rings. The molecule has 0 heterocycles. The first-order chi connectivity index (χ1) is 8.88. The SMILES string of the molecule is CC(C)Oc1ccccc1CNCCCS(N)(=O)=O. The minimum Gasteiger partial charge on any atom is -0.491 e. The molecule has 108 valence electrons. The Hall–Kier alpha value is -1.11. The Balaban J connectivity index is 2.40. The Labute approximate surface area is 115 Å². The van der Waals surface area contributed by atoms with Crippen molar-refractivity contribution in [2.75, 3.05) is 12.3 Å². The number of primary sulfonamides is 1. The van der Waals surface area contributed by atoms with E-state index in [4.69, 9.17) is 9.88 Å². The van der Waals surface area contributed by atoms with Crippen LogP contribution in [0.1, 0.15) is 25.8 Å². The van der Waals surface area contributed by atoms with Crippen LogP contribution in [-0.2, 0) is 16.6 Å². The van der Waals surface area contributed by atoms with Gasteiger partial charge < -0.3 is 10.1 Å². The number of para-hydroxylation sites is 1. The maximum Gasteiger partial charge on any atom is 0.209 e. The summed E-state index contributed by atoms with van der Waals surface area (Å²) in [5.74, 6) is 0.862. The van der Waals surface area contributed by atoms with Gasteiger partial charge >= 0.3 is 0 Å². The van der Waals surface area contributed by atoms with Crippen molar-refractivity contribution in [2.24, 2.45) is 5.14 Å². The Morgan fingerprint density at radius 1 is 1.32 bits per heavy atom. The van der Waals surface area contributed by atoms with Gasteiger partial charge in [0.05, 0.1) is 11.9 Å². The molecular formula is C13H22N2O3S. The van der Waals surface area contributed by atoms with Crippen LogP contribution in [0.5, 0.6) is 5.75 Å². The van der Waals surface area contributed by atoms with Gasteiger partial charge in [-0.05, 0) is 32.9 Å². The third kappa shape index (κ3) is 7.15. The molecule has 0 radical (unpaired) electrons. The van der Waals surface area contributed by atoms with Crippen LogP contribution in [0, 0.1) is 0 Å². The summed E-state index contributed by atoms with van der Waals surface area (Å²) in [6.07, 6.45) is 0.634. The molecule has 0 aromatic heterocycles. The van der Waals surface area contributed by atoms with E-state index in [1.165, 1.54) is 0 Å². The van der Waals surface area contributed by atoms with Gasteiger partial charge in [0.15, 0.2) is 0 Å². The fourth-order valence-electron chi connectivity index (χ4n) is 1.64. The standard InChI is InChI=1S/C13H22N2O3S/c1-11(2)18-13-7-4-3-6-12(13)10-15-8-5-9-19(14,16)17/h3-4,6-7,11,15H,5,8-10H2,1-2H3,(H2,14,16,17). The van der Waals surface area contributed by atoms with Crippen LogP contribution in [0.15, 0.2) is 24.3 Å². The topological polar surface area (TPSA) is 81.4 Å². The van der Waals surface area contributed by atoms with Crippen molar-refractivity contribution in [3.05, 3.63) is 29.8 Å². The van der Waals surface area contributed by atoms with E-state index in [0.29, 0.717) is 19.5 Å². The van der Waals surface area contributed by atoms with Crippen LogP contribution in [0.4, 0.5) is 0 Å². The highest BCUT2D eigenvalue weighted by molar-refractivity contribution is 7.89. The van der Waals surface area contributed by atoms with E-state index < -0.39 is 10.0 Å². The van der Waals surface area contributed by atoms with Crippen LogP contribution in [0.3, 0.4) is 0 Å². The van der Waals surface area contributed by atoms with Crippen molar-refractivity contribution >= 4 is 10.0 Å². The van der Waals surface area contributed by atoms with E-state index in [9.17, 15) is 8.42 Å². The van der Waals surface area contributed by atoms with Gasteiger partial charge in [-0.15, -0.1) is 0 Å². The molecule has 6 heteroatoms. The van der Waals surface area contributed by atoms with Crippen molar-refractivity contribution in [3.8, 4) is 5.75 Å². The summed E-state index contributed by atoms with van der Waals surface area (Å²) in [6, 6.07) is 7.81. The number of sulfonamides is 1. The predicted octanol–water partition coefficient (Wildman–Crippen LogP) is 1.24. The molecule has 0 saturated heterocycles. The molecule has 0 bridgehead atoms. The maximum absolute atomic E-state index is 10.8. The van der Waals surface area contributed by atoms with E-state index in [2.05, 4.69) is 5.32 Å². The number of ether oxygens (including phenoxy) is 1. The van der Waals surface area contributed by atoms with E-state index in [-0.39, 0.29) is 11.9 Å². The third-order valence-corrected chi connectivity index (χ3v) is 3.29. The quantitative estimate of drug-likeness (QED) is 0.705. The Kier molecular flexibility index (Phi) is 6.27. The lowest BCUT2D eigenvalue weighted by atomic mass is 10.2. The van der Waals surface area contributed by atoms with Crippen LogP contribution >= 0.6 is 0 Å². The van der Waals surface area contributed by atoms with Gasteiger partial charge in [-0.1, -0.05) is 18.2 Å². The fraction of sp³-hybridized carbons (Fsp3) is 0.538. The van der Waals surface area contributed by atoms with Gasteiger partial charge in [-0.2, -0.15) is 0 Å². The molecule has 0 spiro atoms. The van der Waals surface area contributed by atoms with Crippen LogP contribution in [0.25, 0.3) is 0 Å². The zero-order chi connectivity index (χ0) is 14.3. The molecule has 5 nitrogen and oxygen atoms in total. The summed E-state index contributed by atoms with van der Waals surface area (Å²) >= 11 is 0. The summed E-state index contributed by atoms with van der Waals surface area (Å²) < 4.78 is 27.2. The number of hydrogen-bond acceptors (Lipinski definition) is 4. The predicted molar refractivity (Wildman–Crippen MR) is 76.5 cm³/mol. The third-order valence-electron chi connectivity index (χ3n) is 2.43. The Morgan fingerprint density at radius 2 is 2.00 bits per heavy atom. The van der Waals surface area contributed by atoms with Crippen molar-refractivity contribution in [1.82, 2.24) is 5.32 Å². The summed E-state index contributed by atoms with van der Waals surface area (Å²) in [4.78, 5) is 0. The fourth-order valence-corrected chi connectivity index (χ4v) is 2.19. The zero-order valence-electron chi connectivity index (χ0n) is 11.4. The highest BCUT2D eigenvalue weighted by atomic mass is 32.2. The first-order valence-electron chi connectivity index (χ1n) is 6.34. The smallest absolute Gasteiger partial charge is 0.209 e. The Morgan fingerprint density at radius 3 is 2.63 bits per heavy atom. The first-order valence-corrected chi connectivity index (χ1v) is 8.06. The maximum atomic E-state index is 10.8. The van der Waals surface area contributed by atoms with Crippen molar-refractivity contribution in [1.29, 1.82) is 0 Å². The summed E-state index contributed by atoms with van der Waals surface area (Å²) in [5, 5.41) is 8.12. The summed E-state index contributed by atoms with van der Waals surface area (Å²) in [5.41, 5.74) is 1.06. The summed E-state index contributed by atoms with van der Waals surface area (Å²) in [7, 11) is -3.36. The largest absolute Gasteiger partial charge is 0.491 e. The number of hydrogen-bond donors (Lipinski definition) is 2. The van der Waals surface area contributed by atoms with Crippen LogP contribution in [-0.4, -0.2) is 26.8 Å². The van der Waals surface area contributed by atoms with E-state index in [1.807, 2.05) is 38.1 Å². The van der Waals surface area contributed by atoms with Crippen molar-refractivity contribution in [2.45, 2.75) is 32.9 Å². The molecule has 0 saturated carbocycles. The van der Waals surface area contributed by atoms with Crippen molar-refractivity contribution in [3.63, 3.8) is 0 Å². The molecule has 0 amide bonds. The minimum absolute atomic E-state index is 0.00411. The molecule has 1 rings (SSSR count). The molecule has 0 aliphatic carbocycles. The molecule has 0 aliphatic rings. The first kappa shape index (κ1) is 15.9. The van der Waals surface area contributed by atoms with E-state index in [0.717, 1.165) is 11.3 Å². The normalized spacial score (nSPS) is 11.8. The zero-order valence-corrected chi connectivity index (χ0v) is 12.2. The van der Waals surface area contributed by atoms with Crippen LogP contribution in [0.2, 0.25) is 0 Å². The summed E-state index contributed by atoms with van der Waals surface area (Å²) in [6.45, 7) is 5.21. The van der Waals surface area contributed by atoms with Gasteiger partial charge in [0.2, 0.25) is 10.0 Å². The second-order valence-electron chi connectivity index (χ2n) is 4.67. The minimum atomic E-state index is -3.36.